The van der Waals surface area contributed by atoms with E-state index in [4.69, 9.17) is 0 Å². The van der Waals surface area contributed by atoms with Crippen LogP contribution in [0.15, 0.2) is 176 Å². The van der Waals surface area contributed by atoms with Crippen LogP contribution in [0.25, 0.3) is 54.6 Å². The van der Waals surface area contributed by atoms with E-state index in [-0.39, 0.29) is 0 Å². The average molecular weight is 548 g/mol. The van der Waals surface area contributed by atoms with E-state index in [0.29, 0.717) is 0 Å². The fourth-order valence-corrected chi connectivity index (χ4v) is 6.35. The Morgan fingerprint density at radius 2 is 0.814 bits per heavy atom. The molecule has 202 valence electrons. The van der Waals surface area contributed by atoms with Crippen molar-refractivity contribution in [3.8, 4) is 22.3 Å². The van der Waals surface area contributed by atoms with Gasteiger partial charge < -0.3 is 4.90 Å². The molecular weight excluding hydrogens is 518 g/mol. The van der Waals surface area contributed by atoms with Gasteiger partial charge in [0.15, 0.2) is 0 Å². The van der Waals surface area contributed by atoms with Gasteiger partial charge in [0.25, 0.3) is 0 Å². The zero-order valence-corrected chi connectivity index (χ0v) is 23.7. The van der Waals surface area contributed by atoms with Crippen LogP contribution in [0.1, 0.15) is 0 Å². The minimum atomic E-state index is 1.12. The number of nitrogens with zero attached hydrogens (tertiary/aromatic N) is 1. The number of rotatable bonds is 5. The van der Waals surface area contributed by atoms with E-state index in [1.807, 2.05) is 0 Å². The highest BCUT2D eigenvalue weighted by atomic mass is 15.1. The second kappa shape index (κ2) is 10.6. The summed E-state index contributed by atoms with van der Waals surface area (Å²) in [6.07, 6.45) is 0. The quantitative estimate of drug-likeness (QED) is 0.194. The predicted octanol–water partition coefficient (Wildman–Crippen LogP) is 11.9. The lowest BCUT2D eigenvalue weighted by molar-refractivity contribution is 1.30. The lowest BCUT2D eigenvalue weighted by atomic mass is 9.97. The van der Waals surface area contributed by atoms with Gasteiger partial charge in [-0.05, 0) is 79.5 Å². The molecule has 43 heavy (non-hydrogen) atoms. The maximum Gasteiger partial charge on any atom is 0.0546 e. The van der Waals surface area contributed by atoms with Crippen LogP contribution in [0.4, 0.5) is 17.1 Å². The predicted molar refractivity (Wildman–Crippen MR) is 185 cm³/mol. The topological polar surface area (TPSA) is 3.24 Å². The normalized spacial score (nSPS) is 11.3. The van der Waals surface area contributed by atoms with Crippen molar-refractivity contribution in [1.29, 1.82) is 0 Å². The van der Waals surface area contributed by atoms with Crippen LogP contribution in [0.5, 0.6) is 0 Å². The third-order valence-electron chi connectivity index (χ3n) is 8.45. The Balaban J connectivity index is 1.31. The van der Waals surface area contributed by atoms with Crippen molar-refractivity contribution in [3.63, 3.8) is 0 Å². The lowest BCUT2D eigenvalue weighted by Gasteiger charge is -2.28. The van der Waals surface area contributed by atoms with Crippen molar-refractivity contribution < 1.29 is 0 Å². The highest BCUT2D eigenvalue weighted by Gasteiger charge is 2.18. The van der Waals surface area contributed by atoms with Gasteiger partial charge in [0.1, 0.15) is 0 Å². The molecule has 1 nitrogen and oxygen atoms in total. The van der Waals surface area contributed by atoms with Crippen molar-refractivity contribution in [1.82, 2.24) is 0 Å². The molecule has 0 fully saturated rings. The van der Waals surface area contributed by atoms with Gasteiger partial charge in [0.2, 0.25) is 0 Å². The first-order valence-electron chi connectivity index (χ1n) is 14.8. The molecule has 0 aliphatic heterocycles. The van der Waals surface area contributed by atoms with Crippen molar-refractivity contribution in [2.45, 2.75) is 0 Å². The smallest absolute Gasteiger partial charge is 0.0546 e. The summed E-state index contributed by atoms with van der Waals surface area (Å²) in [4.78, 5) is 2.40. The van der Waals surface area contributed by atoms with Crippen molar-refractivity contribution in [2.24, 2.45) is 0 Å². The number of hydrogen-bond acceptors (Lipinski definition) is 1. The molecule has 0 amide bonds. The molecule has 0 aliphatic carbocycles. The Kier molecular flexibility index (Phi) is 6.20. The van der Waals surface area contributed by atoms with E-state index in [9.17, 15) is 0 Å². The van der Waals surface area contributed by atoms with Gasteiger partial charge in [-0.25, -0.2) is 0 Å². The number of fused-ring (bicyclic) bond motifs is 4. The Labute approximate surface area is 251 Å². The fourth-order valence-electron chi connectivity index (χ4n) is 6.35. The van der Waals surface area contributed by atoms with Crippen LogP contribution >= 0.6 is 0 Å². The molecule has 8 aromatic rings. The third kappa shape index (κ3) is 4.52. The molecule has 8 aromatic carbocycles. The minimum Gasteiger partial charge on any atom is -0.310 e. The number of anilines is 3. The van der Waals surface area contributed by atoms with Gasteiger partial charge in [-0.1, -0.05) is 146 Å². The molecule has 0 N–H and O–H groups in total. The van der Waals surface area contributed by atoms with Crippen LogP contribution < -0.4 is 4.90 Å². The van der Waals surface area contributed by atoms with Gasteiger partial charge in [-0.15, -0.1) is 0 Å². The highest BCUT2D eigenvalue weighted by Crippen LogP contribution is 2.43. The summed E-state index contributed by atoms with van der Waals surface area (Å²) >= 11 is 0. The van der Waals surface area contributed by atoms with Gasteiger partial charge >= 0.3 is 0 Å². The molecule has 0 atom stereocenters. The van der Waals surface area contributed by atoms with Crippen LogP contribution in [0, 0.1) is 0 Å². The molecule has 0 radical (unpaired) electrons. The molecule has 8 rings (SSSR count). The third-order valence-corrected chi connectivity index (χ3v) is 8.45. The van der Waals surface area contributed by atoms with Crippen LogP contribution in [0.3, 0.4) is 0 Å². The molecule has 0 saturated heterocycles. The standard InChI is InChI=1S/C42H29N/c1-2-11-30(12-3-1)31-21-25-35(26-22-31)43(42-29-34-14-5-7-17-39(34)40-18-8-9-19-41(40)42)36-27-23-33(24-28-36)38-20-10-15-32-13-4-6-16-37(32)38/h1-29H. The molecule has 0 aromatic heterocycles. The summed E-state index contributed by atoms with van der Waals surface area (Å²) in [6, 6.07) is 63.5. The largest absolute Gasteiger partial charge is 0.310 e. The molecule has 1 heteroatoms. The van der Waals surface area contributed by atoms with Crippen LogP contribution in [-0.2, 0) is 0 Å². The van der Waals surface area contributed by atoms with E-state index in [0.717, 1.165) is 11.4 Å². The first-order valence-corrected chi connectivity index (χ1v) is 14.8. The van der Waals surface area contributed by atoms with Gasteiger partial charge in [-0.2, -0.15) is 0 Å². The Hall–Kier alpha value is -5.66. The maximum absolute atomic E-state index is 2.40. The fraction of sp³-hybridized carbons (Fsp3) is 0. The Bertz CT molecular complexity index is 2210. The van der Waals surface area contributed by atoms with Crippen molar-refractivity contribution in [2.75, 3.05) is 4.90 Å². The molecule has 0 unspecified atom stereocenters. The first-order chi connectivity index (χ1) is 21.3. The maximum atomic E-state index is 2.40. The zero-order valence-electron chi connectivity index (χ0n) is 23.7. The summed E-state index contributed by atoms with van der Waals surface area (Å²) in [5.74, 6) is 0. The van der Waals surface area contributed by atoms with Gasteiger partial charge in [0.05, 0.1) is 5.69 Å². The minimum absolute atomic E-state index is 1.12. The Morgan fingerprint density at radius 3 is 1.53 bits per heavy atom. The van der Waals surface area contributed by atoms with Crippen LogP contribution in [0.2, 0.25) is 0 Å². The summed E-state index contributed by atoms with van der Waals surface area (Å²) < 4.78 is 0. The van der Waals surface area contributed by atoms with Crippen molar-refractivity contribution >= 4 is 49.4 Å². The summed E-state index contributed by atoms with van der Waals surface area (Å²) in [7, 11) is 0. The Morgan fingerprint density at radius 1 is 0.302 bits per heavy atom. The zero-order chi connectivity index (χ0) is 28.6. The lowest BCUT2D eigenvalue weighted by Crippen LogP contribution is -2.10. The molecule has 0 spiro atoms. The van der Waals surface area contributed by atoms with Gasteiger partial charge in [-0.3, -0.25) is 0 Å². The highest BCUT2D eigenvalue weighted by molar-refractivity contribution is 6.14. The monoisotopic (exact) mass is 547 g/mol. The van der Waals surface area contributed by atoms with Crippen LogP contribution in [-0.4, -0.2) is 0 Å². The average Bonchev–Trinajstić information content (AvgIpc) is 3.09. The molecule has 0 saturated carbocycles. The van der Waals surface area contributed by atoms with E-state index in [2.05, 4.69) is 181 Å². The number of benzene rings is 8. The van der Waals surface area contributed by atoms with Crippen molar-refractivity contribution in [3.05, 3.63) is 176 Å². The second-order valence-electron chi connectivity index (χ2n) is 11.0. The molecule has 0 aliphatic rings. The van der Waals surface area contributed by atoms with E-state index in [1.165, 1.54) is 60.3 Å². The molecule has 0 heterocycles. The summed E-state index contributed by atoms with van der Waals surface area (Å²) in [5.41, 5.74) is 8.30. The summed E-state index contributed by atoms with van der Waals surface area (Å²) in [6.45, 7) is 0. The van der Waals surface area contributed by atoms with E-state index in [1.54, 1.807) is 0 Å². The summed E-state index contributed by atoms with van der Waals surface area (Å²) in [5, 5.41) is 7.51. The van der Waals surface area contributed by atoms with E-state index >= 15 is 0 Å². The number of hydrogen-bond donors (Lipinski definition) is 0. The SMILES string of the molecule is c1ccc(-c2ccc(N(c3ccc(-c4cccc5ccccc45)cc3)c3cc4ccccc4c4ccccc34)cc2)cc1. The molecule has 0 bridgehead atoms. The van der Waals surface area contributed by atoms with E-state index < -0.39 is 0 Å². The molecular formula is C42H29N. The van der Waals surface area contributed by atoms with Gasteiger partial charge in [0, 0.05) is 16.8 Å². The first kappa shape index (κ1) is 25.1. The second-order valence-corrected chi connectivity index (χ2v) is 11.0.